The van der Waals surface area contributed by atoms with Crippen molar-refractivity contribution in [3.8, 4) is 5.75 Å². The lowest BCUT2D eigenvalue weighted by Gasteiger charge is -2.46. The standard InChI is InChI=1S/C17H18Cl2N2O4/c18-10-1-2-13(23)14(15(10)19)8-3-4-20-11(5-8)17(25)21-7-9(22)6-12(21)16(20)24/h1-2,8-9,11-12,22-23H,3-7H2/t8-,9+,11+,12+/m0/s1. The number of hydrogen-bond acceptors (Lipinski definition) is 4. The van der Waals surface area contributed by atoms with Gasteiger partial charge in [-0.05, 0) is 30.9 Å². The number of phenols is 1. The van der Waals surface area contributed by atoms with Crippen molar-refractivity contribution in [1.82, 2.24) is 9.80 Å². The zero-order valence-electron chi connectivity index (χ0n) is 13.4. The molecule has 0 saturated carbocycles. The van der Waals surface area contributed by atoms with Gasteiger partial charge in [0.25, 0.3) is 0 Å². The molecule has 0 spiro atoms. The van der Waals surface area contributed by atoms with E-state index >= 15 is 0 Å². The summed E-state index contributed by atoms with van der Waals surface area (Å²) in [6, 6.07) is 1.90. The van der Waals surface area contributed by atoms with Gasteiger partial charge in [-0.15, -0.1) is 0 Å². The van der Waals surface area contributed by atoms with Gasteiger partial charge in [-0.25, -0.2) is 0 Å². The number of hydrogen-bond donors (Lipinski definition) is 2. The largest absolute Gasteiger partial charge is 0.508 e. The van der Waals surface area contributed by atoms with Gasteiger partial charge in [-0.2, -0.15) is 0 Å². The Bertz CT molecular complexity index is 756. The van der Waals surface area contributed by atoms with Gasteiger partial charge in [-0.1, -0.05) is 23.2 Å². The SMILES string of the molecule is O=C1[C@H]2C[C@@H](O)CN2C(=O)[C@H]2C[C@@H](c3c(O)ccc(Cl)c3Cl)CCN12. The number of piperazine rings is 1. The van der Waals surface area contributed by atoms with Crippen LogP contribution in [-0.2, 0) is 9.59 Å². The van der Waals surface area contributed by atoms with Crippen LogP contribution in [0.4, 0.5) is 0 Å². The van der Waals surface area contributed by atoms with E-state index in [4.69, 9.17) is 23.2 Å². The molecule has 0 aromatic heterocycles. The highest BCUT2D eigenvalue weighted by molar-refractivity contribution is 6.42. The number of aliphatic hydroxyl groups is 1. The Morgan fingerprint density at radius 3 is 2.48 bits per heavy atom. The van der Waals surface area contributed by atoms with Crippen molar-refractivity contribution in [2.45, 2.75) is 43.4 Å². The molecule has 3 heterocycles. The minimum atomic E-state index is -0.651. The molecule has 3 saturated heterocycles. The summed E-state index contributed by atoms with van der Waals surface area (Å²) < 4.78 is 0. The van der Waals surface area contributed by atoms with E-state index in [-0.39, 0.29) is 30.0 Å². The van der Waals surface area contributed by atoms with Crippen molar-refractivity contribution in [3.63, 3.8) is 0 Å². The van der Waals surface area contributed by atoms with E-state index in [2.05, 4.69) is 0 Å². The number of nitrogens with zero attached hydrogens (tertiary/aromatic N) is 2. The topological polar surface area (TPSA) is 81.1 Å². The molecule has 0 radical (unpaired) electrons. The molecule has 4 rings (SSSR count). The van der Waals surface area contributed by atoms with Crippen molar-refractivity contribution in [2.75, 3.05) is 13.1 Å². The van der Waals surface area contributed by atoms with Crippen LogP contribution in [0.25, 0.3) is 0 Å². The molecule has 0 aliphatic carbocycles. The van der Waals surface area contributed by atoms with Crippen LogP contribution >= 0.6 is 23.2 Å². The van der Waals surface area contributed by atoms with E-state index in [1.807, 2.05) is 0 Å². The van der Waals surface area contributed by atoms with Gasteiger partial charge >= 0.3 is 0 Å². The van der Waals surface area contributed by atoms with Crippen LogP contribution in [-0.4, -0.2) is 63.1 Å². The number of aromatic hydroxyl groups is 1. The second-order valence-corrected chi connectivity index (χ2v) is 7.74. The maximum atomic E-state index is 12.8. The van der Waals surface area contributed by atoms with Crippen molar-refractivity contribution < 1.29 is 19.8 Å². The molecule has 25 heavy (non-hydrogen) atoms. The first-order chi connectivity index (χ1) is 11.9. The first-order valence-electron chi connectivity index (χ1n) is 8.34. The van der Waals surface area contributed by atoms with Gasteiger partial charge in [0, 0.05) is 25.1 Å². The zero-order chi connectivity index (χ0) is 17.9. The van der Waals surface area contributed by atoms with Gasteiger partial charge in [0.1, 0.15) is 17.8 Å². The number of benzene rings is 1. The Kier molecular flexibility index (Phi) is 4.09. The number of aliphatic hydroxyl groups excluding tert-OH is 1. The number of rotatable bonds is 1. The van der Waals surface area contributed by atoms with E-state index in [9.17, 15) is 19.8 Å². The van der Waals surface area contributed by atoms with Crippen LogP contribution in [0.1, 0.15) is 30.7 Å². The minimum absolute atomic E-state index is 0.0527. The number of fused-ring (bicyclic) bond motifs is 2. The molecular weight excluding hydrogens is 367 g/mol. The third-order valence-electron chi connectivity index (χ3n) is 5.54. The monoisotopic (exact) mass is 384 g/mol. The molecule has 2 amide bonds. The Hall–Kier alpha value is -1.50. The van der Waals surface area contributed by atoms with E-state index in [0.717, 1.165) is 0 Å². The van der Waals surface area contributed by atoms with Gasteiger partial charge in [0.05, 0.1) is 16.1 Å². The van der Waals surface area contributed by atoms with Gasteiger partial charge < -0.3 is 20.0 Å². The molecule has 2 N–H and O–H groups in total. The summed E-state index contributed by atoms with van der Waals surface area (Å²) >= 11 is 12.4. The quantitative estimate of drug-likeness (QED) is 0.772. The lowest BCUT2D eigenvalue weighted by molar-refractivity contribution is -0.161. The van der Waals surface area contributed by atoms with Crippen LogP contribution in [0, 0.1) is 0 Å². The number of piperidine rings is 1. The number of carbonyl (C=O) groups is 2. The molecule has 0 bridgehead atoms. The molecule has 1 aromatic rings. The Morgan fingerprint density at radius 2 is 1.72 bits per heavy atom. The molecule has 1 aromatic carbocycles. The molecule has 3 aliphatic heterocycles. The summed E-state index contributed by atoms with van der Waals surface area (Å²) in [6.07, 6.45) is 0.634. The van der Waals surface area contributed by atoms with Crippen LogP contribution in [0.2, 0.25) is 10.0 Å². The molecular formula is C17H18Cl2N2O4. The molecule has 3 fully saturated rings. The number of amides is 2. The fraction of sp³-hybridized carbons (Fsp3) is 0.529. The van der Waals surface area contributed by atoms with Crippen molar-refractivity contribution in [3.05, 3.63) is 27.7 Å². The highest BCUT2D eigenvalue weighted by Crippen LogP contribution is 2.44. The number of carbonyl (C=O) groups excluding carboxylic acids is 2. The first-order valence-corrected chi connectivity index (χ1v) is 9.10. The van der Waals surface area contributed by atoms with Crippen molar-refractivity contribution in [2.24, 2.45) is 0 Å². The summed E-state index contributed by atoms with van der Waals surface area (Å²) in [4.78, 5) is 28.6. The smallest absolute Gasteiger partial charge is 0.246 e. The number of phenolic OH excluding ortho intramolecular Hbond substituents is 1. The van der Waals surface area contributed by atoms with E-state index < -0.39 is 18.2 Å². The number of halogens is 2. The van der Waals surface area contributed by atoms with Crippen LogP contribution < -0.4 is 0 Å². The summed E-state index contributed by atoms with van der Waals surface area (Å²) in [5.41, 5.74) is 0.539. The van der Waals surface area contributed by atoms with E-state index in [1.165, 1.54) is 17.0 Å². The van der Waals surface area contributed by atoms with Gasteiger partial charge in [0.2, 0.25) is 11.8 Å². The minimum Gasteiger partial charge on any atom is -0.508 e. The summed E-state index contributed by atoms with van der Waals surface area (Å²) in [5.74, 6) is -0.338. The van der Waals surface area contributed by atoms with Crippen LogP contribution in [0.3, 0.4) is 0 Å². The van der Waals surface area contributed by atoms with Crippen molar-refractivity contribution in [1.29, 1.82) is 0 Å². The Balaban J connectivity index is 1.64. The average Bonchev–Trinajstić information content (AvgIpc) is 2.98. The maximum absolute atomic E-state index is 12.8. The molecule has 134 valence electrons. The highest BCUT2D eigenvalue weighted by atomic mass is 35.5. The Labute approximate surface area is 154 Å². The predicted molar refractivity (Wildman–Crippen MR) is 91.7 cm³/mol. The molecule has 4 atom stereocenters. The van der Waals surface area contributed by atoms with Crippen LogP contribution in [0.5, 0.6) is 5.75 Å². The van der Waals surface area contributed by atoms with E-state index in [1.54, 1.807) is 4.90 Å². The Morgan fingerprint density at radius 1 is 1.04 bits per heavy atom. The normalized spacial score (nSPS) is 32.0. The fourth-order valence-electron chi connectivity index (χ4n) is 4.34. The van der Waals surface area contributed by atoms with Gasteiger partial charge in [0.15, 0.2) is 0 Å². The summed E-state index contributed by atoms with van der Waals surface area (Å²) in [5, 5.41) is 20.7. The lowest BCUT2D eigenvalue weighted by Crippen LogP contribution is -2.64. The maximum Gasteiger partial charge on any atom is 0.246 e. The average molecular weight is 385 g/mol. The summed E-state index contributed by atoms with van der Waals surface area (Å²) in [6.45, 7) is 0.621. The second kappa shape index (κ2) is 6.04. The first kappa shape index (κ1) is 16.9. The van der Waals surface area contributed by atoms with Crippen molar-refractivity contribution >= 4 is 35.0 Å². The summed E-state index contributed by atoms with van der Waals surface area (Å²) in [7, 11) is 0. The second-order valence-electron chi connectivity index (χ2n) is 6.96. The lowest BCUT2D eigenvalue weighted by atomic mass is 9.83. The highest BCUT2D eigenvalue weighted by Gasteiger charge is 2.52. The zero-order valence-corrected chi connectivity index (χ0v) is 14.9. The molecule has 6 nitrogen and oxygen atoms in total. The third kappa shape index (κ3) is 2.58. The molecule has 0 unspecified atom stereocenters. The third-order valence-corrected chi connectivity index (χ3v) is 6.35. The fourth-order valence-corrected chi connectivity index (χ4v) is 4.82. The molecule has 8 heteroatoms. The predicted octanol–water partition coefficient (Wildman–Crippen LogP) is 1.75. The van der Waals surface area contributed by atoms with Gasteiger partial charge in [-0.3, -0.25) is 9.59 Å². The van der Waals surface area contributed by atoms with E-state index in [0.29, 0.717) is 41.4 Å². The van der Waals surface area contributed by atoms with Crippen LogP contribution in [0.15, 0.2) is 12.1 Å². The molecule has 3 aliphatic rings.